The number of benzene rings is 3. The summed E-state index contributed by atoms with van der Waals surface area (Å²) in [5, 5.41) is 14.5. The number of hydrogen-bond acceptors (Lipinski definition) is 3. The molecule has 0 unspecified atom stereocenters. The van der Waals surface area contributed by atoms with Gasteiger partial charge < -0.3 is 10.4 Å². The molecule has 4 aromatic rings. The fourth-order valence-corrected chi connectivity index (χ4v) is 3.32. The Balaban J connectivity index is 1.65. The number of aryl methyl sites for hydroxylation is 1. The van der Waals surface area contributed by atoms with Crippen molar-refractivity contribution in [2.45, 2.75) is 19.3 Å². The second-order valence-corrected chi connectivity index (χ2v) is 6.59. The number of carbonyl (C=O) groups is 1. The zero-order valence-electron chi connectivity index (χ0n) is 14.9. The van der Waals surface area contributed by atoms with Crippen molar-refractivity contribution in [3.8, 4) is 0 Å². The Bertz CT molecular complexity index is 1050. The number of carboxylic acid groups (broad SMARTS) is 1. The minimum atomic E-state index is -0.746. The number of rotatable bonds is 6. The molecule has 0 saturated heterocycles. The standard InChI is InChI=1S/C23H20N2O2/c26-22(27)11-5-6-16-12-14-17(15-13-16)24-23-18-7-1-3-9-20(18)25-21-10-4-2-8-19(21)23/h1-4,7-10,12-15H,5-6,11H2,(H,24,25)(H,26,27). The van der Waals surface area contributed by atoms with Crippen molar-refractivity contribution in [3.05, 3.63) is 78.4 Å². The molecule has 4 heteroatoms. The Labute approximate surface area is 157 Å². The van der Waals surface area contributed by atoms with Crippen LogP contribution in [0.2, 0.25) is 0 Å². The lowest BCUT2D eigenvalue weighted by molar-refractivity contribution is -0.137. The van der Waals surface area contributed by atoms with Gasteiger partial charge in [-0.3, -0.25) is 4.79 Å². The molecule has 27 heavy (non-hydrogen) atoms. The van der Waals surface area contributed by atoms with E-state index in [2.05, 4.69) is 29.6 Å². The Morgan fingerprint density at radius 3 is 2.04 bits per heavy atom. The topological polar surface area (TPSA) is 62.2 Å². The third-order valence-corrected chi connectivity index (χ3v) is 4.67. The molecule has 134 valence electrons. The van der Waals surface area contributed by atoms with Gasteiger partial charge in [0.2, 0.25) is 0 Å². The fraction of sp³-hybridized carbons (Fsp3) is 0.130. The molecule has 1 aromatic heterocycles. The van der Waals surface area contributed by atoms with Gasteiger partial charge in [0.1, 0.15) is 0 Å². The molecule has 4 rings (SSSR count). The number of pyridine rings is 1. The molecular formula is C23H20N2O2. The SMILES string of the molecule is O=C(O)CCCc1ccc(Nc2c3ccccc3nc3ccccc23)cc1. The monoisotopic (exact) mass is 356 g/mol. The molecule has 0 amide bonds. The van der Waals surface area contributed by atoms with Crippen LogP contribution in [0.1, 0.15) is 18.4 Å². The van der Waals surface area contributed by atoms with Gasteiger partial charge in [-0.05, 0) is 42.7 Å². The minimum absolute atomic E-state index is 0.203. The predicted octanol–water partition coefficient (Wildman–Crippen LogP) is 5.54. The smallest absolute Gasteiger partial charge is 0.303 e. The first-order valence-corrected chi connectivity index (χ1v) is 9.06. The first-order valence-electron chi connectivity index (χ1n) is 9.06. The molecule has 0 aliphatic rings. The van der Waals surface area contributed by atoms with Crippen molar-refractivity contribution < 1.29 is 9.90 Å². The largest absolute Gasteiger partial charge is 0.481 e. The molecule has 0 fully saturated rings. The summed E-state index contributed by atoms with van der Waals surface area (Å²) in [6.45, 7) is 0. The molecule has 0 bridgehead atoms. The van der Waals surface area contributed by atoms with Crippen LogP contribution in [-0.2, 0) is 11.2 Å². The van der Waals surface area contributed by atoms with Gasteiger partial charge in [0.05, 0.1) is 16.7 Å². The maximum atomic E-state index is 10.6. The number of nitrogens with zero attached hydrogens (tertiary/aromatic N) is 1. The number of hydrogen-bond donors (Lipinski definition) is 2. The first kappa shape index (κ1) is 17.0. The van der Waals surface area contributed by atoms with Gasteiger partial charge >= 0.3 is 5.97 Å². The Hall–Kier alpha value is -3.40. The minimum Gasteiger partial charge on any atom is -0.481 e. The van der Waals surface area contributed by atoms with Gasteiger partial charge in [-0.1, -0.05) is 48.5 Å². The summed E-state index contributed by atoms with van der Waals surface area (Å²) in [5.41, 5.74) is 5.12. The van der Waals surface area contributed by atoms with E-state index in [4.69, 9.17) is 10.1 Å². The second kappa shape index (κ2) is 7.46. The van der Waals surface area contributed by atoms with Gasteiger partial charge in [-0.25, -0.2) is 4.98 Å². The molecule has 1 heterocycles. The fourth-order valence-electron chi connectivity index (χ4n) is 3.32. The highest BCUT2D eigenvalue weighted by Crippen LogP contribution is 2.33. The van der Waals surface area contributed by atoms with E-state index in [1.54, 1.807) is 0 Å². The van der Waals surface area contributed by atoms with Crippen molar-refractivity contribution >= 4 is 39.1 Å². The van der Waals surface area contributed by atoms with Gasteiger partial charge in [0, 0.05) is 22.9 Å². The van der Waals surface area contributed by atoms with Gasteiger partial charge in [0.25, 0.3) is 0 Å². The van der Waals surface area contributed by atoms with Crippen LogP contribution >= 0.6 is 0 Å². The average molecular weight is 356 g/mol. The van der Waals surface area contributed by atoms with Crippen LogP contribution in [0.3, 0.4) is 0 Å². The number of nitrogens with one attached hydrogen (secondary N) is 1. The molecule has 3 aromatic carbocycles. The van der Waals surface area contributed by atoms with E-state index in [0.717, 1.165) is 45.2 Å². The van der Waals surface area contributed by atoms with E-state index in [1.165, 1.54) is 0 Å². The average Bonchev–Trinajstić information content (AvgIpc) is 2.69. The molecule has 0 aliphatic heterocycles. The Kier molecular flexibility index (Phi) is 4.71. The molecule has 0 spiro atoms. The van der Waals surface area contributed by atoms with Crippen LogP contribution in [-0.4, -0.2) is 16.1 Å². The van der Waals surface area contributed by atoms with Crippen LogP contribution in [0.25, 0.3) is 21.8 Å². The summed E-state index contributed by atoms with van der Waals surface area (Å²) >= 11 is 0. The van der Waals surface area contributed by atoms with E-state index in [9.17, 15) is 4.79 Å². The molecule has 0 aliphatic carbocycles. The highest BCUT2D eigenvalue weighted by molar-refractivity contribution is 6.08. The summed E-state index contributed by atoms with van der Waals surface area (Å²) in [5.74, 6) is -0.746. The summed E-state index contributed by atoms with van der Waals surface area (Å²) in [7, 11) is 0. The molecule has 4 nitrogen and oxygen atoms in total. The first-order chi connectivity index (χ1) is 13.2. The molecule has 0 saturated carbocycles. The van der Waals surface area contributed by atoms with Crippen molar-refractivity contribution in [3.63, 3.8) is 0 Å². The zero-order valence-corrected chi connectivity index (χ0v) is 14.9. The van der Waals surface area contributed by atoms with E-state index >= 15 is 0 Å². The molecular weight excluding hydrogens is 336 g/mol. The zero-order chi connectivity index (χ0) is 18.6. The van der Waals surface area contributed by atoms with Crippen LogP contribution < -0.4 is 5.32 Å². The summed E-state index contributed by atoms with van der Waals surface area (Å²) in [4.78, 5) is 15.4. The number of para-hydroxylation sites is 2. The highest BCUT2D eigenvalue weighted by atomic mass is 16.4. The number of anilines is 2. The third-order valence-electron chi connectivity index (χ3n) is 4.67. The van der Waals surface area contributed by atoms with Crippen molar-refractivity contribution in [1.29, 1.82) is 0 Å². The van der Waals surface area contributed by atoms with E-state index < -0.39 is 5.97 Å². The van der Waals surface area contributed by atoms with Crippen molar-refractivity contribution in [1.82, 2.24) is 4.98 Å². The molecule has 0 radical (unpaired) electrons. The van der Waals surface area contributed by atoms with Crippen molar-refractivity contribution in [2.75, 3.05) is 5.32 Å². The maximum absolute atomic E-state index is 10.6. The highest BCUT2D eigenvalue weighted by Gasteiger charge is 2.09. The van der Waals surface area contributed by atoms with Crippen LogP contribution in [0, 0.1) is 0 Å². The summed E-state index contributed by atoms with van der Waals surface area (Å²) in [6.07, 6.45) is 1.63. The normalized spacial score (nSPS) is 11.0. The van der Waals surface area contributed by atoms with Crippen LogP contribution in [0.4, 0.5) is 11.4 Å². The lowest BCUT2D eigenvalue weighted by Gasteiger charge is -2.13. The number of aromatic nitrogens is 1. The predicted molar refractivity (Wildman–Crippen MR) is 110 cm³/mol. The summed E-state index contributed by atoms with van der Waals surface area (Å²) < 4.78 is 0. The molecule has 0 atom stereocenters. The Morgan fingerprint density at radius 1 is 0.852 bits per heavy atom. The van der Waals surface area contributed by atoms with Crippen LogP contribution in [0.15, 0.2) is 72.8 Å². The number of carboxylic acids is 1. The lowest BCUT2D eigenvalue weighted by Crippen LogP contribution is -1.97. The van der Waals surface area contributed by atoms with E-state index in [-0.39, 0.29) is 6.42 Å². The van der Waals surface area contributed by atoms with Crippen molar-refractivity contribution in [2.24, 2.45) is 0 Å². The van der Waals surface area contributed by atoms with E-state index in [0.29, 0.717) is 6.42 Å². The quantitative estimate of drug-likeness (QED) is 0.445. The number of fused-ring (bicyclic) bond motifs is 2. The van der Waals surface area contributed by atoms with Crippen LogP contribution in [0.5, 0.6) is 0 Å². The molecule has 2 N–H and O–H groups in total. The van der Waals surface area contributed by atoms with E-state index in [1.807, 2.05) is 48.5 Å². The second-order valence-electron chi connectivity index (χ2n) is 6.59. The number of aliphatic carboxylic acids is 1. The maximum Gasteiger partial charge on any atom is 0.303 e. The van der Waals surface area contributed by atoms with Gasteiger partial charge in [-0.15, -0.1) is 0 Å². The Morgan fingerprint density at radius 2 is 1.44 bits per heavy atom. The third kappa shape index (κ3) is 3.75. The van der Waals surface area contributed by atoms with Gasteiger partial charge in [0.15, 0.2) is 0 Å². The van der Waals surface area contributed by atoms with Gasteiger partial charge in [-0.2, -0.15) is 0 Å². The summed E-state index contributed by atoms with van der Waals surface area (Å²) in [6, 6.07) is 24.4. The lowest BCUT2D eigenvalue weighted by atomic mass is 10.1.